The van der Waals surface area contributed by atoms with E-state index in [1.807, 2.05) is 0 Å². The summed E-state index contributed by atoms with van der Waals surface area (Å²) in [6.45, 7) is 18.8. The molecule has 0 amide bonds. The van der Waals surface area contributed by atoms with Crippen molar-refractivity contribution < 1.29 is 9.53 Å². The highest BCUT2D eigenvalue weighted by Gasteiger charge is 2.39. The van der Waals surface area contributed by atoms with Gasteiger partial charge in [-0.3, -0.25) is 0 Å². The molecule has 0 spiro atoms. The number of hydrogen-bond acceptors (Lipinski definition) is 2. The zero-order valence-electron chi connectivity index (χ0n) is 19.2. The highest BCUT2D eigenvalue weighted by molar-refractivity contribution is 6.73. The van der Waals surface area contributed by atoms with Crippen molar-refractivity contribution in [3.8, 4) is 0 Å². The number of aliphatic hydroxyl groups is 1. The van der Waals surface area contributed by atoms with Crippen LogP contribution < -0.4 is 0 Å². The molecule has 1 aliphatic rings. The van der Waals surface area contributed by atoms with Crippen LogP contribution in [-0.2, 0) is 4.43 Å². The van der Waals surface area contributed by atoms with Gasteiger partial charge in [0.2, 0.25) is 0 Å². The molecule has 0 aromatic carbocycles. The predicted molar refractivity (Wildman–Crippen MR) is 117 cm³/mol. The van der Waals surface area contributed by atoms with Crippen LogP contribution >= 0.6 is 0 Å². The molecule has 1 fully saturated rings. The molecule has 1 aliphatic carbocycles. The largest absolute Gasteiger partial charge is 0.412 e. The third kappa shape index (κ3) is 6.63. The van der Waals surface area contributed by atoms with E-state index in [9.17, 15) is 5.11 Å². The molecule has 0 heterocycles. The Kier molecular flexibility index (Phi) is 9.36. The van der Waals surface area contributed by atoms with Crippen LogP contribution in [0.15, 0.2) is 0 Å². The third-order valence-corrected chi connectivity index (χ3v) is 12.7. The average Bonchev–Trinajstić information content (AvgIpc) is 2.58. The molecule has 26 heavy (non-hydrogen) atoms. The van der Waals surface area contributed by atoms with Crippen molar-refractivity contribution in [3.05, 3.63) is 0 Å². The maximum atomic E-state index is 10.1. The second-order valence-electron chi connectivity index (χ2n) is 10.2. The fourth-order valence-corrected chi connectivity index (χ4v) is 8.50. The molecule has 1 saturated carbocycles. The lowest BCUT2D eigenvalue weighted by molar-refractivity contribution is 0.00584. The van der Waals surface area contributed by atoms with Gasteiger partial charge in [-0.25, -0.2) is 0 Å². The van der Waals surface area contributed by atoms with E-state index in [4.69, 9.17) is 4.43 Å². The van der Waals surface area contributed by atoms with E-state index < -0.39 is 8.32 Å². The van der Waals surface area contributed by atoms with Crippen molar-refractivity contribution in [1.29, 1.82) is 0 Å². The van der Waals surface area contributed by atoms with Crippen LogP contribution in [0.3, 0.4) is 0 Å². The second-order valence-corrected chi connectivity index (χ2v) is 14.9. The highest BCUT2D eigenvalue weighted by Crippen LogP contribution is 2.46. The van der Waals surface area contributed by atoms with Gasteiger partial charge in [-0.05, 0) is 74.9 Å². The minimum absolute atomic E-state index is 0.0160. The second kappa shape index (κ2) is 10.1. The third-order valence-electron chi connectivity index (χ3n) is 7.80. The summed E-state index contributed by atoms with van der Waals surface area (Å²) >= 11 is 0. The quantitative estimate of drug-likeness (QED) is 0.382. The normalized spacial score (nSPS) is 27.3. The lowest BCUT2D eigenvalue weighted by Gasteiger charge is -2.44. The Balaban J connectivity index is 2.52. The van der Waals surface area contributed by atoms with Gasteiger partial charge >= 0.3 is 0 Å². The molecule has 2 nitrogen and oxygen atoms in total. The van der Waals surface area contributed by atoms with Crippen LogP contribution in [0.4, 0.5) is 0 Å². The molecule has 0 saturated heterocycles. The molecule has 0 aliphatic heterocycles. The Labute approximate surface area is 165 Å². The standard InChI is InChI=1S/C23H48O2Si/c1-9-26(10-2,11-3)25-22(6,7)16-12-14-19(4)20(5)23(8)17-13-15-21(24)18-23/h19-21,24H,9-18H2,1-8H3/t19-,20-,21?,23+/m1/s1. The summed E-state index contributed by atoms with van der Waals surface area (Å²) in [7, 11) is -1.53. The molecule has 4 atom stereocenters. The Morgan fingerprint density at radius 2 is 1.73 bits per heavy atom. The van der Waals surface area contributed by atoms with Crippen LogP contribution in [-0.4, -0.2) is 25.1 Å². The van der Waals surface area contributed by atoms with E-state index in [1.165, 1.54) is 43.8 Å². The molecule has 1 rings (SSSR count). The number of hydrogen-bond donors (Lipinski definition) is 1. The topological polar surface area (TPSA) is 29.5 Å². The zero-order chi connectivity index (χ0) is 20.0. The summed E-state index contributed by atoms with van der Waals surface area (Å²) in [6.07, 6.45) is 8.07. The van der Waals surface area contributed by atoms with E-state index in [0.29, 0.717) is 17.3 Å². The zero-order valence-corrected chi connectivity index (χ0v) is 20.2. The van der Waals surface area contributed by atoms with Crippen LogP contribution in [0.25, 0.3) is 0 Å². The molecule has 0 aromatic heterocycles. The van der Waals surface area contributed by atoms with Gasteiger partial charge in [0, 0.05) is 0 Å². The van der Waals surface area contributed by atoms with Crippen LogP contribution in [0.5, 0.6) is 0 Å². The average molecular weight is 385 g/mol. The first-order valence-electron chi connectivity index (χ1n) is 11.4. The Hall–Kier alpha value is 0.137. The van der Waals surface area contributed by atoms with Crippen molar-refractivity contribution in [3.63, 3.8) is 0 Å². The van der Waals surface area contributed by atoms with Crippen LogP contribution in [0.2, 0.25) is 18.1 Å². The van der Waals surface area contributed by atoms with Crippen molar-refractivity contribution >= 4 is 8.32 Å². The van der Waals surface area contributed by atoms with Gasteiger partial charge in [0.05, 0.1) is 11.7 Å². The van der Waals surface area contributed by atoms with Crippen molar-refractivity contribution in [2.75, 3.05) is 0 Å². The highest BCUT2D eigenvalue weighted by atomic mass is 28.4. The number of aliphatic hydroxyl groups excluding tert-OH is 1. The predicted octanol–water partition coefficient (Wildman–Crippen LogP) is 7.17. The van der Waals surface area contributed by atoms with E-state index in [-0.39, 0.29) is 11.7 Å². The lowest BCUT2D eigenvalue weighted by Crippen LogP contribution is -2.44. The lowest BCUT2D eigenvalue weighted by atomic mass is 9.63. The summed E-state index contributed by atoms with van der Waals surface area (Å²) in [5, 5.41) is 10.1. The Bertz CT molecular complexity index is 397. The maximum absolute atomic E-state index is 10.1. The summed E-state index contributed by atoms with van der Waals surface area (Å²) in [4.78, 5) is 0. The first kappa shape index (κ1) is 24.2. The molecule has 0 radical (unpaired) electrons. The van der Waals surface area contributed by atoms with Crippen LogP contribution in [0.1, 0.15) is 100 Å². The maximum Gasteiger partial charge on any atom is 0.192 e. The smallest absolute Gasteiger partial charge is 0.192 e. The number of rotatable bonds is 11. The van der Waals surface area contributed by atoms with Crippen molar-refractivity contribution in [1.82, 2.24) is 0 Å². The van der Waals surface area contributed by atoms with Gasteiger partial charge in [0.15, 0.2) is 8.32 Å². The first-order valence-corrected chi connectivity index (χ1v) is 13.9. The Morgan fingerprint density at radius 1 is 1.15 bits per heavy atom. The van der Waals surface area contributed by atoms with Gasteiger partial charge in [-0.1, -0.05) is 60.8 Å². The summed E-state index contributed by atoms with van der Waals surface area (Å²) in [5.41, 5.74) is 0.333. The van der Waals surface area contributed by atoms with E-state index in [1.54, 1.807) is 0 Å². The Morgan fingerprint density at radius 3 is 2.23 bits per heavy atom. The summed E-state index contributed by atoms with van der Waals surface area (Å²) in [5.74, 6) is 1.39. The van der Waals surface area contributed by atoms with Gasteiger partial charge in [0.25, 0.3) is 0 Å². The minimum atomic E-state index is -1.53. The minimum Gasteiger partial charge on any atom is -0.412 e. The molecule has 156 valence electrons. The molecule has 3 heteroatoms. The molecule has 0 aromatic rings. The SMILES string of the molecule is CC[Si](CC)(CC)OC(C)(C)CCC[C@@H](C)[C@@H](C)[C@@]1(C)CCCC(O)C1. The van der Waals surface area contributed by atoms with Gasteiger partial charge in [-0.2, -0.15) is 0 Å². The molecule has 1 N–H and O–H groups in total. The van der Waals surface area contributed by atoms with Gasteiger partial charge in [-0.15, -0.1) is 0 Å². The van der Waals surface area contributed by atoms with E-state index >= 15 is 0 Å². The first-order chi connectivity index (χ1) is 12.0. The van der Waals surface area contributed by atoms with Crippen molar-refractivity contribution in [2.45, 2.75) is 130 Å². The summed E-state index contributed by atoms with van der Waals surface area (Å²) < 4.78 is 6.77. The molecule has 0 bridgehead atoms. The summed E-state index contributed by atoms with van der Waals surface area (Å²) in [6, 6.07) is 3.70. The fourth-order valence-electron chi connectivity index (χ4n) is 5.29. The molecular formula is C23H48O2Si. The van der Waals surface area contributed by atoms with Crippen LogP contribution in [0, 0.1) is 17.3 Å². The van der Waals surface area contributed by atoms with E-state index in [2.05, 4.69) is 55.4 Å². The van der Waals surface area contributed by atoms with E-state index in [0.717, 1.165) is 19.3 Å². The van der Waals surface area contributed by atoms with Gasteiger partial charge in [0.1, 0.15) is 0 Å². The fraction of sp³-hybridized carbons (Fsp3) is 1.00. The molecule has 1 unspecified atom stereocenters. The monoisotopic (exact) mass is 384 g/mol. The van der Waals surface area contributed by atoms with Gasteiger partial charge < -0.3 is 9.53 Å². The van der Waals surface area contributed by atoms with Crippen molar-refractivity contribution in [2.24, 2.45) is 17.3 Å². The molecular weight excluding hydrogens is 336 g/mol.